The first-order valence-corrected chi connectivity index (χ1v) is 9.54. The van der Waals surface area contributed by atoms with Gasteiger partial charge in [0.1, 0.15) is 11.4 Å². The second kappa shape index (κ2) is 8.02. The molecule has 0 unspecified atom stereocenters. The molecular weight excluding hydrogens is 398 g/mol. The molecule has 0 fully saturated rings. The van der Waals surface area contributed by atoms with E-state index in [4.69, 9.17) is 5.41 Å². The van der Waals surface area contributed by atoms with Gasteiger partial charge in [0, 0.05) is 66.0 Å². The zero-order chi connectivity index (χ0) is 22.1. The molecule has 2 heterocycles. The number of anilines is 1. The molecule has 0 saturated carbocycles. The van der Waals surface area contributed by atoms with Crippen molar-refractivity contribution >= 4 is 34.3 Å². The number of nitrogens with one attached hydrogen (secondary N) is 2. The Labute approximate surface area is 177 Å². The summed E-state index contributed by atoms with van der Waals surface area (Å²) in [5.41, 5.74) is 3.40. The van der Waals surface area contributed by atoms with Gasteiger partial charge in [-0.1, -0.05) is 24.3 Å². The molecule has 156 valence electrons. The van der Waals surface area contributed by atoms with Crippen molar-refractivity contribution in [1.29, 1.82) is 5.41 Å². The Morgan fingerprint density at radius 1 is 1.06 bits per heavy atom. The number of H-pyrrole nitrogens is 1. The number of aliphatic hydroxyl groups is 1. The van der Waals surface area contributed by atoms with Gasteiger partial charge in [0.15, 0.2) is 11.6 Å². The van der Waals surface area contributed by atoms with Crippen molar-refractivity contribution < 1.29 is 13.9 Å². The highest BCUT2D eigenvalue weighted by molar-refractivity contribution is 6.18. The second-order valence-corrected chi connectivity index (χ2v) is 7.27. The van der Waals surface area contributed by atoms with Gasteiger partial charge < -0.3 is 20.4 Å². The Kier molecular flexibility index (Phi) is 5.25. The van der Waals surface area contributed by atoms with E-state index in [-0.39, 0.29) is 16.9 Å². The van der Waals surface area contributed by atoms with Gasteiger partial charge >= 0.3 is 0 Å². The van der Waals surface area contributed by atoms with Gasteiger partial charge in [-0.25, -0.2) is 13.8 Å². The number of aromatic amines is 1. The van der Waals surface area contributed by atoms with Crippen LogP contribution < -0.4 is 4.90 Å². The maximum atomic E-state index is 14.3. The molecule has 4 aromatic rings. The molecule has 2 aromatic heterocycles. The summed E-state index contributed by atoms with van der Waals surface area (Å²) in [6.07, 6.45) is 4.06. The Balaban J connectivity index is 1.84. The highest BCUT2D eigenvalue weighted by Gasteiger charge is 2.18. The zero-order valence-corrected chi connectivity index (χ0v) is 16.9. The van der Waals surface area contributed by atoms with Crippen LogP contribution in [0.4, 0.5) is 14.5 Å². The average Bonchev–Trinajstić information content (AvgIpc) is 3.20. The van der Waals surface area contributed by atoms with Gasteiger partial charge in [-0.15, -0.1) is 0 Å². The topological polar surface area (TPSA) is 76.0 Å². The summed E-state index contributed by atoms with van der Waals surface area (Å²) in [5, 5.41) is 19.2. The Morgan fingerprint density at radius 2 is 1.81 bits per heavy atom. The van der Waals surface area contributed by atoms with Crippen molar-refractivity contribution in [1.82, 2.24) is 9.97 Å². The van der Waals surface area contributed by atoms with E-state index < -0.39 is 11.6 Å². The van der Waals surface area contributed by atoms with E-state index in [1.807, 2.05) is 49.3 Å². The van der Waals surface area contributed by atoms with Crippen molar-refractivity contribution in [2.75, 3.05) is 19.0 Å². The van der Waals surface area contributed by atoms with Crippen LogP contribution in [-0.4, -0.2) is 35.4 Å². The van der Waals surface area contributed by atoms with Crippen LogP contribution >= 0.6 is 0 Å². The van der Waals surface area contributed by atoms with E-state index in [2.05, 4.69) is 9.97 Å². The second-order valence-electron chi connectivity index (χ2n) is 7.27. The van der Waals surface area contributed by atoms with E-state index >= 15 is 0 Å². The molecule has 0 amide bonds. The highest BCUT2D eigenvalue weighted by atomic mass is 19.2. The maximum Gasteiger partial charge on any atom is 0.166 e. The first-order valence-electron chi connectivity index (χ1n) is 9.54. The summed E-state index contributed by atoms with van der Waals surface area (Å²) in [5.74, 6) is -2.51. The SMILES string of the molecule is CN(C)c1ccc(-c2cnc3[nH]cc(/C(O)=C(/C=N)c4cccc(F)c4F)c3c2)cc1. The summed E-state index contributed by atoms with van der Waals surface area (Å²) < 4.78 is 28.0. The molecule has 3 N–H and O–H groups in total. The van der Waals surface area contributed by atoms with Crippen LogP contribution in [0.1, 0.15) is 11.1 Å². The molecule has 0 spiro atoms. The van der Waals surface area contributed by atoms with Crippen LogP contribution in [0, 0.1) is 17.0 Å². The number of benzene rings is 2. The molecule has 4 rings (SSSR count). The Morgan fingerprint density at radius 3 is 2.48 bits per heavy atom. The monoisotopic (exact) mass is 418 g/mol. The molecule has 0 aliphatic carbocycles. The maximum absolute atomic E-state index is 14.3. The quantitative estimate of drug-likeness (QED) is 0.290. The molecule has 0 aliphatic heterocycles. The van der Waals surface area contributed by atoms with Crippen LogP contribution in [0.25, 0.3) is 33.5 Å². The van der Waals surface area contributed by atoms with Gasteiger partial charge in [0.05, 0.1) is 0 Å². The summed E-state index contributed by atoms with van der Waals surface area (Å²) in [7, 11) is 3.93. The zero-order valence-electron chi connectivity index (χ0n) is 16.9. The Hall–Kier alpha value is -4.00. The van der Waals surface area contributed by atoms with Gasteiger partial charge in [-0.05, 0) is 29.8 Å². The third-order valence-corrected chi connectivity index (χ3v) is 5.14. The number of rotatable bonds is 5. The van der Waals surface area contributed by atoms with Crippen molar-refractivity contribution in [2.45, 2.75) is 0 Å². The highest BCUT2D eigenvalue weighted by Crippen LogP contribution is 2.32. The third kappa shape index (κ3) is 3.66. The number of halogens is 2. The van der Waals surface area contributed by atoms with E-state index in [1.165, 1.54) is 18.3 Å². The smallest absolute Gasteiger partial charge is 0.166 e. The standard InChI is InChI=1S/C24H20F2N4O/c1-30(2)16-8-6-14(7-9-16)15-10-18-20(13-29-24(18)28-12-15)23(31)19(11-27)17-4-3-5-21(25)22(17)26/h3-13,27,31H,1-2H3,(H,28,29)/b23-19+,27-11?. The number of aliphatic hydroxyl groups excluding tert-OH is 1. The van der Waals surface area contributed by atoms with Crippen LogP contribution in [0.15, 0.2) is 60.9 Å². The first-order chi connectivity index (χ1) is 14.9. The molecule has 0 saturated heterocycles. The lowest BCUT2D eigenvalue weighted by Crippen LogP contribution is -2.07. The number of nitrogens with zero attached hydrogens (tertiary/aromatic N) is 2. The fourth-order valence-electron chi connectivity index (χ4n) is 3.44. The van der Waals surface area contributed by atoms with Crippen LogP contribution in [-0.2, 0) is 0 Å². The third-order valence-electron chi connectivity index (χ3n) is 5.14. The largest absolute Gasteiger partial charge is 0.507 e. The molecule has 0 aliphatic rings. The first kappa shape index (κ1) is 20.3. The molecule has 0 bridgehead atoms. The fourth-order valence-corrected chi connectivity index (χ4v) is 3.44. The van der Waals surface area contributed by atoms with Crippen LogP contribution in [0.3, 0.4) is 0 Å². The number of hydrogen-bond donors (Lipinski definition) is 3. The van der Waals surface area contributed by atoms with Gasteiger partial charge in [-0.2, -0.15) is 0 Å². The summed E-state index contributed by atoms with van der Waals surface area (Å²) in [6, 6.07) is 13.4. The Bertz CT molecular complexity index is 1310. The minimum absolute atomic E-state index is 0.126. The van der Waals surface area contributed by atoms with Crippen LogP contribution in [0.5, 0.6) is 0 Å². The lowest BCUT2D eigenvalue weighted by molar-refractivity contribution is 0.503. The van der Waals surface area contributed by atoms with E-state index in [1.54, 1.807) is 6.20 Å². The number of hydrogen-bond acceptors (Lipinski definition) is 4. The number of allylic oxidation sites excluding steroid dienone is 1. The van der Waals surface area contributed by atoms with Crippen molar-refractivity contribution in [3.8, 4) is 11.1 Å². The molecule has 5 nitrogen and oxygen atoms in total. The van der Waals surface area contributed by atoms with Crippen LogP contribution in [0.2, 0.25) is 0 Å². The van der Waals surface area contributed by atoms with Gasteiger partial charge in [-0.3, -0.25) is 0 Å². The number of fused-ring (bicyclic) bond motifs is 1. The number of pyridine rings is 1. The summed E-state index contributed by atoms with van der Waals surface area (Å²) >= 11 is 0. The summed E-state index contributed by atoms with van der Waals surface area (Å²) in [6.45, 7) is 0. The molecular formula is C24H20F2N4O. The molecule has 31 heavy (non-hydrogen) atoms. The summed E-state index contributed by atoms with van der Waals surface area (Å²) in [4.78, 5) is 9.39. The minimum Gasteiger partial charge on any atom is -0.507 e. The average molecular weight is 418 g/mol. The normalized spacial score (nSPS) is 12.0. The van der Waals surface area contributed by atoms with Crippen molar-refractivity contribution in [3.63, 3.8) is 0 Å². The molecule has 0 radical (unpaired) electrons. The predicted molar refractivity (Wildman–Crippen MR) is 120 cm³/mol. The molecule has 0 atom stereocenters. The van der Waals surface area contributed by atoms with E-state index in [0.29, 0.717) is 16.6 Å². The van der Waals surface area contributed by atoms with Crippen molar-refractivity contribution in [2.24, 2.45) is 0 Å². The van der Waals surface area contributed by atoms with E-state index in [9.17, 15) is 13.9 Å². The predicted octanol–water partition coefficient (Wildman–Crippen LogP) is 5.65. The van der Waals surface area contributed by atoms with Crippen molar-refractivity contribution in [3.05, 3.63) is 83.7 Å². The fraction of sp³-hybridized carbons (Fsp3) is 0.0833. The molecule has 7 heteroatoms. The molecule has 2 aromatic carbocycles. The van der Waals surface area contributed by atoms with Gasteiger partial charge in [0.25, 0.3) is 0 Å². The lowest BCUT2D eigenvalue weighted by Gasteiger charge is -2.12. The minimum atomic E-state index is -1.12. The number of aromatic nitrogens is 2. The lowest BCUT2D eigenvalue weighted by atomic mass is 10.00. The van der Waals surface area contributed by atoms with Gasteiger partial charge in [0.2, 0.25) is 0 Å². The van der Waals surface area contributed by atoms with E-state index in [0.717, 1.165) is 29.1 Å².